The third-order valence-corrected chi connectivity index (χ3v) is 9.74. The number of carbonyl (C=O) groups is 3. The number of amides is 2. The Kier molecular flexibility index (Phi) is 18.2. The lowest BCUT2D eigenvalue weighted by Gasteiger charge is -2.50. The first kappa shape index (κ1) is 45.4. The summed E-state index contributed by atoms with van der Waals surface area (Å²) >= 11 is 1.39. The van der Waals surface area contributed by atoms with Crippen molar-refractivity contribution >= 4 is 61.1 Å². The number of benzene rings is 1. The topological polar surface area (TPSA) is 276 Å². The van der Waals surface area contributed by atoms with E-state index in [1.807, 2.05) is 18.2 Å². The smallest absolute Gasteiger partial charge is 0.354 e. The summed E-state index contributed by atoms with van der Waals surface area (Å²) in [6.07, 6.45) is 2.75. The number of nitrogens with zero attached hydrogens (tertiary/aromatic N) is 4. The maximum Gasteiger partial charge on any atom is 0.354 e. The van der Waals surface area contributed by atoms with Crippen molar-refractivity contribution in [1.82, 2.24) is 15.7 Å². The van der Waals surface area contributed by atoms with Crippen molar-refractivity contribution in [2.75, 3.05) is 32.7 Å². The van der Waals surface area contributed by atoms with Crippen molar-refractivity contribution in [2.45, 2.75) is 88.1 Å². The highest BCUT2D eigenvalue weighted by atomic mass is 32.2. The number of carboxylic acids is 1. The van der Waals surface area contributed by atoms with Crippen LogP contribution < -0.4 is 26.8 Å². The third kappa shape index (κ3) is 11.4. The molecule has 4 rings (SSSR count). The van der Waals surface area contributed by atoms with Crippen molar-refractivity contribution in [3.05, 3.63) is 40.4 Å². The van der Waals surface area contributed by atoms with E-state index in [-0.39, 0.29) is 36.8 Å². The Morgan fingerprint density at radius 3 is 2.57 bits per heavy atom. The Labute approximate surface area is 317 Å². The summed E-state index contributed by atoms with van der Waals surface area (Å²) in [5.41, 5.74) is 10.8. The number of amidine groups is 1. The highest BCUT2D eigenvalue weighted by molar-refractivity contribution is 8.02. The average molecular weight is 785 g/mol. The van der Waals surface area contributed by atoms with Gasteiger partial charge in [0.2, 0.25) is 5.91 Å². The highest BCUT2D eigenvalue weighted by Gasteiger charge is 2.56. The van der Waals surface area contributed by atoms with E-state index in [0.717, 1.165) is 42.0 Å². The van der Waals surface area contributed by atoms with Crippen molar-refractivity contribution in [3.63, 3.8) is 0 Å². The Hall–Kier alpha value is -3.76. The summed E-state index contributed by atoms with van der Waals surface area (Å²) in [5.74, 6) is -0.141. The van der Waals surface area contributed by atoms with Gasteiger partial charge in [0.1, 0.15) is 17.6 Å². The van der Waals surface area contributed by atoms with Crippen LogP contribution in [0, 0.1) is 0 Å². The number of hydrogen-bond acceptors (Lipinski definition) is 17. The number of oxime groups is 1. The molecule has 0 spiro atoms. The van der Waals surface area contributed by atoms with E-state index in [1.54, 1.807) is 19.3 Å². The van der Waals surface area contributed by atoms with Crippen LogP contribution in [-0.4, -0.2) is 123 Å². The molecule has 10 N–H and O–H groups in total. The molecular weight excluding hydrogens is 733 g/mol. The molecule has 296 valence electrons. The number of ether oxygens (including phenoxy) is 1. The van der Waals surface area contributed by atoms with Crippen LogP contribution in [0.5, 0.6) is 5.75 Å². The molecule has 0 radical (unpaired) electrons. The maximum atomic E-state index is 11.9. The second-order valence-corrected chi connectivity index (χ2v) is 14.0. The fourth-order valence-corrected chi connectivity index (χ4v) is 6.67. The summed E-state index contributed by atoms with van der Waals surface area (Å²) in [7, 11) is 1.00. The van der Waals surface area contributed by atoms with Gasteiger partial charge in [-0.25, -0.2) is 4.79 Å². The van der Waals surface area contributed by atoms with Gasteiger partial charge in [-0.05, 0) is 95.3 Å². The molecule has 1 aromatic carbocycles. The normalized spacial score (nSPS) is 22.4. The van der Waals surface area contributed by atoms with Crippen molar-refractivity contribution in [1.29, 1.82) is 0 Å². The van der Waals surface area contributed by atoms with Gasteiger partial charge >= 0.3 is 5.97 Å². The zero-order chi connectivity index (χ0) is 39.8. The monoisotopic (exact) mass is 784 g/mol. The number of rotatable bonds is 18. The fraction of sp³-hybridized carbons (Fsp3) is 0.576. The molecule has 4 atom stereocenters. The van der Waals surface area contributed by atoms with Crippen molar-refractivity contribution in [3.8, 4) is 5.75 Å². The van der Waals surface area contributed by atoms with E-state index in [4.69, 9.17) is 35.0 Å². The van der Waals surface area contributed by atoms with E-state index >= 15 is 0 Å². The quantitative estimate of drug-likeness (QED) is 0.0344. The minimum absolute atomic E-state index is 0.00592. The molecular formula is C33H52N8O10S2. The third-order valence-electron chi connectivity index (χ3n) is 8.90. The largest absolute Gasteiger partial charge is 0.485 e. The zero-order valence-corrected chi connectivity index (χ0v) is 32.1. The van der Waals surface area contributed by atoms with Gasteiger partial charge < -0.3 is 51.5 Å². The van der Waals surface area contributed by atoms with Gasteiger partial charge in [-0.2, -0.15) is 9.35 Å². The van der Waals surface area contributed by atoms with Gasteiger partial charge in [0.05, 0.1) is 29.7 Å². The Morgan fingerprint density at radius 2 is 2.00 bits per heavy atom. The molecule has 0 aliphatic carbocycles. The summed E-state index contributed by atoms with van der Waals surface area (Å²) in [6, 6.07) is 5.03. The van der Waals surface area contributed by atoms with Crippen LogP contribution in [0.3, 0.4) is 0 Å². The van der Waals surface area contributed by atoms with Crippen LogP contribution >= 0.6 is 24.1 Å². The number of aliphatic carboxylic acids is 1. The lowest BCUT2D eigenvalue weighted by Crippen LogP contribution is -2.75. The number of hydrogen-bond donors (Lipinski definition) is 8. The SMILES string of the molecule is C=N/C(=C\SCN)CC(=O)NC1C(=O)N(OSO)C1(C)C.C=NOC(C)(C(=O)O)C1CCc2cc(C3=NCC(CCO)(CCCN)N3)ccc2O1.CO. The van der Waals surface area contributed by atoms with Crippen LogP contribution in [0.4, 0.5) is 0 Å². The highest BCUT2D eigenvalue weighted by Crippen LogP contribution is 2.36. The summed E-state index contributed by atoms with van der Waals surface area (Å²) < 4.78 is 19.3. The number of aliphatic imine (C=N–C) groups is 2. The van der Waals surface area contributed by atoms with Crippen LogP contribution in [-0.2, 0) is 29.9 Å². The van der Waals surface area contributed by atoms with Gasteiger partial charge in [-0.1, -0.05) is 0 Å². The van der Waals surface area contributed by atoms with Gasteiger partial charge in [0, 0.05) is 31.9 Å². The van der Waals surface area contributed by atoms with E-state index < -0.39 is 35.2 Å². The van der Waals surface area contributed by atoms with Crippen LogP contribution in [0.15, 0.2) is 44.4 Å². The minimum atomic E-state index is -1.61. The predicted molar refractivity (Wildman–Crippen MR) is 204 cm³/mol. The molecule has 20 heteroatoms. The Morgan fingerprint density at radius 1 is 1.28 bits per heavy atom. The van der Waals surface area contributed by atoms with E-state index in [0.29, 0.717) is 49.7 Å². The standard InChI is InChI=1S/C21H30N4O5.C11H18N4O4S2.CH4O/c1-20(19(27)28,30-23-2)17-7-5-14-12-15(4-6-16(14)29-17)18-24-13-21(25-18,9-11-26)8-3-10-22;1-11(2)9(10(17)15(11)19-21-18)14-8(16)4-7(13-3)5-20-6-12;1-2/h4,6,12,17,26H,2-3,5,7-11,13,22H2,1H3,(H,24,25)(H,27,28);5,9,18H,3-4,6,12H2,1-2H3,(H,14,16);2H,1H3/b;7-5-;. The van der Waals surface area contributed by atoms with Crippen molar-refractivity contribution in [2.24, 2.45) is 26.6 Å². The maximum absolute atomic E-state index is 11.9. The first-order valence-electron chi connectivity index (χ1n) is 16.6. The molecule has 53 heavy (non-hydrogen) atoms. The first-order chi connectivity index (χ1) is 25.2. The number of aryl methyl sites for hydroxylation is 1. The van der Waals surface area contributed by atoms with Gasteiger partial charge in [-0.3, -0.25) is 19.6 Å². The molecule has 3 aliphatic heterocycles. The van der Waals surface area contributed by atoms with E-state index in [9.17, 15) is 24.6 Å². The van der Waals surface area contributed by atoms with E-state index in [2.05, 4.69) is 39.2 Å². The number of fused-ring (bicyclic) bond motifs is 1. The Bertz CT molecular complexity index is 1500. The second kappa shape index (κ2) is 21.2. The van der Waals surface area contributed by atoms with Gasteiger partial charge in [0.15, 0.2) is 18.4 Å². The zero-order valence-electron chi connectivity index (χ0n) is 30.4. The molecule has 2 amide bonds. The molecule has 3 aliphatic rings. The number of thioether (sulfide) groups is 1. The number of aliphatic hydroxyl groups excluding tert-OH is 2. The summed E-state index contributed by atoms with van der Waals surface area (Å²) in [5, 5.41) is 38.1. The number of carbonyl (C=O) groups excluding carboxylic acids is 2. The van der Waals surface area contributed by atoms with Crippen LogP contribution in [0.25, 0.3) is 0 Å². The van der Waals surface area contributed by atoms with Crippen LogP contribution in [0.2, 0.25) is 0 Å². The predicted octanol–water partition coefficient (Wildman–Crippen LogP) is 1.40. The number of nitrogens with two attached hydrogens (primary N) is 2. The lowest BCUT2D eigenvalue weighted by atomic mass is 9.84. The summed E-state index contributed by atoms with van der Waals surface area (Å²) in [4.78, 5) is 48.9. The Balaban J connectivity index is 0.000000372. The fourth-order valence-electron chi connectivity index (χ4n) is 5.89. The molecule has 3 heterocycles. The van der Waals surface area contributed by atoms with Gasteiger partial charge in [-0.15, -0.1) is 16.9 Å². The molecule has 1 aromatic rings. The molecule has 0 bridgehead atoms. The molecule has 0 saturated carbocycles. The van der Waals surface area contributed by atoms with E-state index in [1.165, 1.54) is 18.7 Å². The number of β-lactam (4-membered cyclic amide) rings is 1. The molecule has 18 nitrogen and oxygen atoms in total. The molecule has 1 saturated heterocycles. The first-order valence-corrected chi connectivity index (χ1v) is 18.3. The molecule has 1 fully saturated rings. The number of carboxylic acid groups (broad SMARTS) is 1. The van der Waals surface area contributed by atoms with Gasteiger partial charge in [0.25, 0.3) is 11.5 Å². The summed E-state index contributed by atoms with van der Waals surface area (Å²) in [6.45, 7) is 12.8. The van der Waals surface area contributed by atoms with Crippen molar-refractivity contribution < 1.29 is 48.1 Å². The van der Waals surface area contributed by atoms with Crippen LogP contribution in [0.1, 0.15) is 64.0 Å². The average Bonchev–Trinajstić information content (AvgIpc) is 3.58. The lowest BCUT2D eigenvalue weighted by molar-refractivity contribution is -0.214. The molecule has 4 unspecified atom stereocenters. The molecule has 0 aromatic heterocycles. The number of aliphatic hydroxyl groups is 2. The number of hydroxylamine groups is 2. The second-order valence-electron chi connectivity index (χ2n) is 12.7. The number of nitrogens with one attached hydrogen (secondary N) is 2. The minimum Gasteiger partial charge on any atom is -0.485 e.